The van der Waals surface area contributed by atoms with Gasteiger partial charge < -0.3 is 5.32 Å². The molecule has 1 N–H and O–H groups in total. The molecule has 1 aromatic heterocycles. The van der Waals surface area contributed by atoms with Gasteiger partial charge in [-0.2, -0.15) is 0 Å². The first-order valence-electron chi connectivity index (χ1n) is 8.68. The van der Waals surface area contributed by atoms with E-state index in [4.69, 9.17) is 0 Å². The largest absolute Gasteiger partial charge is 0.352 e. The molecule has 1 amide bonds. The fraction of sp³-hybridized carbons (Fsp3) is 0.182. The third-order valence-electron chi connectivity index (χ3n) is 4.24. The van der Waals surface area contributed by atoms with Crippen molar-refractivity contribution < 1.29 is 9.18 Å². The van der Waals surface area contributed by atoms with Crippen LogP contribution in [0.15, 0.2) is 66.9 Å². The third kappa shape index (κ3) is 4.54. The van der Waals surface area contributed by atoms with E-state index in [0.717, 1.165) is 29.7 Å². The van der Waals surface area contributed by atoms with Crippen molar-refractivity contribution in [3.8, 4) is 11.1 Å². The van der Waals surface area contributed by atoms with Crippen LogP contribution in [0.3, 0.4) is 0 Å². The molecule has 0 fully saturated rings. The Labute approximate surface area is 152 Å². The van der Waals surface area contributed by atoms with E-state index in [1.165, 1.54) is 6.07 Å². The summed E-state index contributed by atoms with van der Waals surface area (Å²) in [6.07, 6.45) is 3.28. The molecule has 3 nitrogen and oxygen atoms in total. The van der Waals surface area contributed by atoms with E-state index in [1.807, 2.05) is 43.3 Å². The third-order valence-corrected chi connectivity index (χ3v) is 4.24. The van der Waals surface area contributed by atoms with Gasteiger partial charge in [-0.25, -0.2) is 4.39 Å². The lowest BCUT2D eigenvalue weighted by molar-refractivity contribution is 0.0953. The predicted molar refractivity (Wildman–Crippen MR) is 101 cm³/mol. The van der Waals surface area contributed by atoms with Crippen molar-refractivity contribution in [2.24, 2.45) is 0 Å². The number of halogens is 1. The normalized spacial score (nSPS) is 10.5. The van der Waals surface area contributed by atoms with Gasteiger partial charge in [-0.3, -0.25) is 9.78 Å². The summed E-state index contributed by atoms with van der Waals surface area (Å²) in [5, 5.41) is 2.90. The van der Waals surface area contributed by atoms with E-state index in [9.17, 15) is 9.18 Å². The van der Waals surface area contributed by atoms with Crippen LogP contribution >= 0.6 is 0 Å². The van der Waals surface area contributed by atoms with Gasteiger partial charge in [-0.15, -0.1) is 0 Å². The van der Waals surface area contributed by atoms with Gasteiger partial charge in [0.25, 0.3) is 5.91 Å². The van der Waals surface area contributed by atoms with Gasteiger partial charge in [0.1, 0.15) is 5.82 Å². The van der Waals surface area contributed by atoms with Gasteiger partial charge in [0, 0.05) is 24.0 Å². The van der Waals surface area contributed by atoms with Gasteiger partial charge in [0.05, 0.1) is 5.56 Å². The van der Waals surface area contributed by atoms with Crippen LogP contribution in [-0.2, 0) is 6.42 Å². The molecule has 0 saturated carbocycles. The SMILES string of the molecule is Cc1ccc(C(=O)NCCCc2ccc(-c3ccccc3F)cc2)cn1. The van der Waals surface area contributed by atoms with Gasteiger partial charge in [-0.05, 0) is 49.1 Å². The number of nitrogens with zero attached hydrogens (tertiary/aromatic N) is 1. The number of aryl methyl sites for hydroxylation is 2. The summed E-state index contributed by atoms with van der Waals surface area (Å²) >= 11 is 0. The number of hydrogen-bond donors (Lipinski definition) is 1. The Morgan fingerprint density at radius 3 is 2.50 bits per heavy atom. The molecule has 0 spiro atoms. The van der Waals surface area contributed by atoms with Crippen LogP contribution in [0.4, 0.5) is 4.39 Å². The van der Waals surface area contributed by atoms with Gasteiger partial charge in [0.2, 0.25) is 0 Å². The van der Waals surface area contributed by atoms with E-state index >= 15 is 0 Å². The zero-order chi connectivity index (χ0) is 18.4. The molecule has 1 heterocycles. The first-order chi connectivity index (χ1) is 12.6. The van der Waals surface area contributed by atoms with E-state index in [1.54, 1.807) is 24.4 Å². The molecular formula is C22H21FN2O. The van der Waals surface area contributed by atoms with Crippen molar-refractivity contribution in [2.75, 3.05) is 6.54 Å². The quantitative estimate of drug-likeness (QED) is 0.664. The van der Waals surface area contributed by atoms with E-state index in [0.29, 0.717) is 17.7 Å². The zero-order valence-corrected chi connectivity index (χ0v) is 14.7. The molecule has 0 saturated heterocycles. The van der Waals surface area contributed by atoms with Crippen molar-refractivity contribution in [3.05, 3.63) is 89.5 Å². The number of benzene rings is 2. The van der Waals surface area contributed by atoms with Crippen LogP contribution < -0.4 is 5.32 Å². The summed E-state index contributed by atoms with van der Waals surface area (Å²) in [6.45, 7) is 2.49. The Hall–Kier alpha value is -3.01. The molecular weight excluding hydrogens is 327 g/mol. The highest BCUT2D eigenvalue weighted by molar-refractivity contribution is 5.93. The van der Waals surface area contributed by atoms with Crippen molar-refractivity contribution in [2.45, 2.75) is 19.8 Å². The second-order valence-electron chi connectivity index (χ2n) is 6.22. The van der Waals surface area contributed by atoms with Crippen LogP contribution in [0.1, 0.15) is 28.0 Å². The fourth-order valence-electron chi connectivity index (χ4n) is 2.74. The van der Waals surface area contributed by atoms with Crippen molar-refractivity contribution in [3.63, 3.8) is 0 Å². The molecule has 0 atom stereocenters. The molecule has 0 unspecified atom stereocenters. The van der Waals surface area contributed by atoms with Gasteiger partial charge >= 0.3 is 0 Å². The summed E-state index contributed by atoms with van der Waals surface area (Å²) in [7, 11) is 0. The number of nitrogens with one attached hydrogen (secondary N) is 1. The number of carbonyl (C=O) groups excluding carboxylic acids is 1. The lowest BCUT2D eigenvalue weighted by atomic mass is 10.0. The smallest absolute Gasteiger partial charge is 0.252 e. The summed E-state index contributed by atoms with van der Waals surface area (Å²) in [5.74, 6) is -0.319. The first kappa shape index (κ1) is 17.8. The van der Waals surface area contributed by atoms with Crippen LogP contribution in [0.2, 0.25) is 0 Å². The molecule has 0 bridgehead atoms. The van der Waals surface area contributed by atoms with Crippen LogP contribution in [0.5, 0.6) is 0 Å². The number of rotatable bonds is 6. The molecule has 4 heteroatoms. The molecule has 3 aromatic rings. The minimum atomic E-state index is -0.214. The Balaban J connectivity index is 1.49. The summed E-state index contributed by atoms with van der Waals surface area (Å²) in [4.78, 5) is 16.1. The van der Waals surface area contributed by atoms with Crippen molar-refractivity contribution in [1.82, 2.24) is 10.3 Å². The average molecular weight is 348 g/mol. The zero-order valence-electron chi connectivity index (χ0n) is 14.7. The maximum atomic E-state index is 13.8. The molecule has 0 radical (unpaired) electrons. The van der Waals surface area contributed by atoms with E-state index in [-0.39, 0.29) is 11.7 Å². The maximum absolute atomic E-state index is 13.8. The number of pyridine rings is 1. The number of carbonyl (C=O) groups is 1. The number of aromatic nitrogens is 1. The molecule has 0 aliphatic carbocycles. The highest BCUT2D eigenvalue weighted by Crippen LogP contribution is 2.23. The highest BCUT2D eigenvalue weighted by Gasteiger charge is 2.06. The van der Waals surface area contributed by atoms with E-state index in [2.05, 4.69) is 10.3 Å². The number of hydrogen-bond acceptors (Lipinski definition) is 2. The standard InChI is InChI=1S/C22H21FN2O/c1-16-8-11-19(15-25-16)22(26)24-14-4-5-17-9-12-18(13-10-17)20-6-2-3-7-21(20)23/h2-3,6-13,15H,4-5,14H2,1H3,(H,24,26). The lowest BCUT2D eigenvalue weighted by Gasteiger charge is -2.07. The molecule has 132 valence electrons. The Morgan fingerprint density at radius 1 is 1.04 bits per heavy atom. The summed E-state index contributed by atoms with van der Waals surface area (Å²) < 4.78 is 13.8. The summed E-state index contributed by atoms with van der Waals surface area (Å²) in [6, 6.07) is 18.3. The van der Waals surface area contributed by atoms with Crippen molar-refractivity contribution in [1.29, 1.82) is 0 Å². The molecule has 3 rings (SSSR count). The minimum Gasteiger partial charge on any atom is -0.352 e. The van der Waals surface area contributed by atoms with Crippen molar-refractivity contribution >= 4 is 5.91 Å². The van der Waals surface area contributed by atoms with E-state index < -0.39 is 0 Å². The maximum Gasteiger partial charge on any atom is 0.252 e. The van der Waals surface area contributed by atoms with Gasteiger partial charge in [0.15, 0.2) is 0 Å². The summed E-state index contributed by atoms with van der Waals surface area (Å²) in [5.41, 5.74) is 4.10. The lowest BCUT2D eigenvalue weighted by Crippen LogP contribution is -2.24. The van der Waals surface area contributed by atoms with Crippen LogP contribution in [-0.4, -0.2) is 17.4 Å². The van der Waals surface area contributed by atoms with Crippen LogP contribution in [0, 0.1) is 12.7 Å². The van der Waals surface area contributed by atoms with Gasteiger partial charge in [-0.1, -0.05) is 42.5 Å². The minimum absolute atomic E-state index is 0.104. The topological polar surface area (TPSA) is 42.0 Å². The second-order valence-corrected chi connectivity index (χ2v) is 6.22. The number of amides is 1. The Bertz CT molecular complexity index is 873. The monoisotopic (exact) mass is 348 g/mol. The molecule has 26 heavy (non-hydrogen) atoms. The fourth-order valence-corrected chi connectivity index (χ4v) is 2.74. The Kier molecular flexibility index (Phi) is 5.74. The highest BCUT2D eigenvalue weighted by atomic mass is 19.1. The molecule has 0 aliphatic rings. The average Bonchev–Trinajstić information content (AvgIpc) is 2.67. The van der Waals surface area contributed by atoms with Crippen LogP contribution in [0.25, 0.3) is 11.1 Å². The molecule has 2 aromatic carbocycles. The second kappa shape index (κ2) is 8.39. The Morgan fingerprint density at radius 2 is 1.81 bits per heavy atom. The molecule has 0 aliphatic heterocycles. The first-order valence-corrected chi connectivity index (χ1v) is 8.68. The predicted octanol–water partition coefficient (Wildman–Crippen LogP) is 4.56.